The smallest absolute Gasteiger partial charge is 0.292 e. The minimum atomic E-state index is -0.280. The minimum Gasteiger partial charge on any atom is -0.368 e. The van der Waals surface area contributed by atoms with Crippen molar-refractivity contribution in [3.63, 3.8) is 0 Å². The summed E-state index contributed by atoms with van der Waals surface area (Å²) in [6.45, 7) is 4.79. The largest absolute Gasteiger partial charge is 0.368 e. The lowest BCUT2D eigenvalue weighted by Crippen LogP contribution is -2.43. The third kappa shape index (κ3) is 3.40. The predicted molar refractivity (Wildman–Crippen MR) is 97.5 cm³/mol. The minimum absolute atomic E-state index is 0.0543. The van der Waals surface area contributed by atoms with Gasteiger partial charge < -0.3 is 15.5 Å². The van der Waals surface area contributed by atoms with Gasteiger partial charge in [0.2, 0.25) is 17.7 Å². The van der Waals surface area contributed by atoms with Gasteiger partial charge in [-0.15, -0.1) is 0 Å². The van der Waals surface area contributed by atoms with E-state index in [0.29, 0.717) is 18.4 Å². The summed E-state index contributed by atoms with van der Waals surface area (Å²) in [4.78, 5) is 29.0. The van der Waals surface area contributed by atoms with Crippen LogP contribution in [0.4, 0.5) is 11.9 Å². The fourth-order valence-electron chi connectivity index (χ4n) is 3.35. The molecule has 3 rings (SSSR count). The number of nitrogens with zero attached hydrogens (tertiary/aromatic N) is 5. The molecule has 1 aromatic carbocycles. The standard InChI is InChI=1S/C18H24N6O/c1-18(2)10-13(12-8-6-5-7-9-12)11-24(18)15(25)14-20-16(19)22-17(21-14)23(3)4/h5-9,13H,10-11H2,1-4H3,(H2,19,20,21,22). The van der Waals surface area contributed by atoms with Crippen LogP contribution < -0.4 is 10.6 Å². The molecule has 1 amide bonds. The van der Waals surface area contributed by atoms with Gasteiger partial charge in [-0.1, -0.05) is 30.3 Å². The molecule has 7 nitrogen and oxygen atoms in total. The average Bonchev–Trinajstić information content (AvgIpc) is 2.90. The maximum Gasteiger partial charge on any atom is 0.292 e. The van der Waals surface area contributed by atoms with Crippen LogP contribution in [0, 0.1) is 0 Å². The molecule has 25 heavy (non-hydrogen) atoms. The number of nitrogen functional groups attached to an aromatic ring is 1. The highest BCUT2D eigenvalue weighted by Gasteiger charge is 2.42. The van der Waals surface area contributed by atoms with Crippen LogP contribution in [0.3, 0.4) is 0 Å². The summed E-state index contributed by atoms with van der Waals surface area (Å²) in [6, 6.07) is 10.3. The van der Waals surface area contributed by atoms with Crippen LogP contribution in [-0.4, -0.2) is 51.9 Å². The molecule has 7 heteroatoms. The number of carbonyl (C=O) groups excluding carboxylic acids is 1. The van der Waals surface area contributed by atoms with Gasteiger partial charge >= 0.3 is 0 Å². The Morgan fingerprint density at radius 2 is 1.88 bits per heavy atom. The lowest BCUT2D eigenvalue weighted by Gasteiger charge is -2.30. The molecule has 0 spiro atoms. The van der Waals surface area contributed by atoms with E-state index in [1.54, 1.807) is 19.0 Å². The molecular formula is C18H24N6O. The topological polar surface area (TPSA) is 88.2 Å². The molecule has 2 heterocycles. The normalized spacial score (nSPS) is 19.0. The summed E-state index contributed by atoms with van der Waals surface area (Å²) in [5.74, 6) is 0.623. The first-order chi connectivity index (χ1) is 11.8. The van der Waals surface area contributed by atoms with Crippen LogP contribution in [-0.2, 0) is 0 Å². The molecule has 1 aliphatic rings. The van der Waals surface area contributed by atoms with Crippen molar-refractivity contribution in [2.45, 2.75) is 31.7 Å². The van der Waals surface area contributed by atoms with Crippen LogP contribution in [0.15, 0.2) is 30.3 Å². The zero-order chi connectivity index (χ0) is 18.2. The van der Waals surface area contributed by atoms with Crippen molar-refractivity contribution >= 4 is 17.8 Å². The van der Waals surface area contributed by atoms with E-state index in [2.05, 4.69) is 40.9 Å². The van der Waals surface area contributed by atoms with Gasteiger partial charge in [0.15, 0.2) is 0 Å². The number of likely N-dealkylation sites (tertiary alicyclic amines) is 1. The molecule has 1 aliphatic heterocycles. The fraction of sp³-hybridized carbons (Fsp3) is 0.444. The first kappa shape index (κ1) is 17.1. The van der Waals surface area contributed by atoms with Crippen molar-refractivity contribution in [2.24, 2.45) is 0 Å². The first-order valence-corrected chi connectivity index (χ1v) is 8.34. The number of aromatic nitrogens is 3. The van der Waals surface area contributed by atoms with Crippen LogP contribution in [0.2, 0.25) is 0 Å². The second kappa shape index (κ2) is 6.31. The first-order valence-electron chi connectivity index (χ1n) is 8.34. The van der Waals surface area contributed by atoms with E-state index < -0.39 is 0 Å². The number of rotatable bonds is 3. The molecule has 132 valence electrons. The van der Waals surface area contributed by atoms with Crippen LogP contribution in [0.1, 0.15) is 42.4 Å². The zero-order valence-corrected chi connectivity index (χ0v) is 15.1. The van der Waals surface area contributed by atoms with E-state index in [1.807, 2.05) is 23.1 Å². The lowest BCUT2D eigenvalue weighted by molar-refractivity contribution is 0.0638. The summed E-state index contributed by atoms with van der Waals surface area (Å²) in [5.41, 5.74) is 6.72. The Hall–Kier alpha value is -2.70. The molecule has 1 atom stereocenters. The molecule has 0 bridgehead atoms. The molecule has 1 saturated heterocycles. The Morgan fingerprint density at radius 3 is 2.52 bits per heavy atom. The summed E-state index contributed by atoms with van der Waals surface area (Å²) in [5, 5.41) is 0. The van der Waals surface area contributed by atoms with Crippen molar-refractivity contribution in [2.75, 3.05) is 31.3 Å². The Balaban J connectivity index is 1.89. The maximum absolute atomic E-state index is 13.1. The monoisotopic (exact) mass is 340 g/mol. The molecule has 2 aromatic rings. The summed E-state index contributed by atoms with van der Waals surface area (Å²) in [7, 11) is 3.60. The van der Waals surface area contributed by atoms with Crippen molar-refractivity contribution in [1.29, 1.82) is 0 Å². The quantitative estimate of drug-likeness (QED) is 0.918. The number of amides is 1. The van der Waals surface area contributed by atoms with Gasteiger partial charge in [-0.2, -0.15) is 15.0 Å². The van der Waals surface area contributed by atoms with E-state index in [-0.39, 0.29) is 23.2 Å². The van der Waals surface area contributed by atoms with Gasteiger partial charge in [0.25, 0.3) is 5.91 Å². The second-order valence-corrected chi connectivity index (χ2v) is 7.25. The van der Waals surface area contributed by atoms with Gasteiger partial charge in [-0.25, -0.2) is 0 Å². The highest BCUT2D eigenvalue weighted by Crippen LogP contribution is 2.39. The Labute approximate surface area is 147 Å². The Bertz CT molecular complexity index is 774. The van der Waals surface area contributed by atoms with Gasteiger partial charge in [0, 0.05) is 32.1 Å². The summed E-state index contributed by atoms with van der Waals surface area (Å²) in [6.07, 6.45) is 0.893. The molecule has 0 aliphatic carbocycles. The lowest BCUT2D eigenvalue weighted by atomic mass is 9.91. The van der Waals surface area contributed by atoms with Crippen LogP contribution in [0.25, 0.3) is 0 Å². The highest BCUT2D eigenvalue weighted by molar-refractivity contribution is 5.92. The Kier molecular flexibility index (Phi) is 4.32. The Morgan fingerprint density at radius 1 is 1.20 bits per heavy atom. The highest BCUT2D eigenvalue weighted by atomic mass is 16.2. The van der Waals surface area contributed by atoms with Gasteiger partial charge in [0.1, 0.15) is 0 Å². The predicted octanol–water partition coefficient (Wildman–Crippen LogP) is 1.93. The van der Waals surface area contributed by atoms with Crippen molar-refractivity contribution in [1.82, 2.24) is 19.9 Å². The number of anilines is 2. The van der Waals surface area contributed by atoms with E-state index in [4.69, 9.17) is 5.73 Å². The molecule has 0 radical (unpaired) electrons. The molecule has 0 saturated carbocycles. The SMILES string of the molecule is CN(C)c1nc(N)nc(C(=O)N2CC(c3ccccc3)CC2(C)C)n1. The van der Waals surface area contributed by atoms with E-state index in [9.17, 15) is 4.79 Å². The summed E-state index contributed by atoms with van der Waals surface area (Å²) >= 11 is 0. The summed E-state index contributed by atoms with van der Waals surface area (Å²) < 4.78 is 0. The molecule has 2 N–H and O–H groups in total. The average molecular weight is 340 g/mol. The number of benzene rings is 1. The van der Waals surface area contributed by atoms with Crippen molar-refractivity contribution < 1.29 is 4.79 Å². The van der Waals surface area contributed by atoms with Crippen molar-refractivity contribution in [3.05, 3.63) is 41.7 Å². The van der Waals surface area contributed by atoms with Crippen LogP contribution in [0.5, 0.6) is 0 Å². The van der Waals surface area contributed by atoms with Gasteiger partial charge in [-0.05, 0) is 25.8 Å². The second-order valence-electron chi connectivity index (χ2n) is 7.25. The van der Waals surface area contributed by atoms with Gasteiger partial charge in [-0.3, -0.25) is 4.79 Å². The number of hydrogen-bond donors (Lipinski definition) is 1. The number of carbonyl (C=O) groups is 1. The maximum atomic E-state index is 13.1. The van der Waals surface area contributed by atoms with E-state index in [1.165, 1.54) is 5.56 Å². The molecule has 1 unspecified atom stereocenters. The fourth-order valence-corrected chi connectivity index (χ4v) is 3.35. The van der Waals surface area contributed by atoms with Crippen LogP contribution >= 0.6 is 0 Å². The van der Waals surface area contributed by atoms with Crippen molar-refractivity contribution in [3.8, 4) is 0 Å². The third-order valence-corrected chi connectivity index (χ3v) is 4.63. The molecular weight excluding hydrogens is 316 g/mol. The molecule has 1 fully saturated rings. The zero-order valence-electron chi connectivity index (χ0n) is 15.1. The van der Waals surface area contributed by atoms with E-state index >= 15 is 0 Å². The molecule has 1 aromatic heterocycles. The van der Waals surface area contributed by atoms with Gasteiger partial charge in [0.05, 0.1) is 0 Å². The number of hydrogen-bond acceptors (Lipinski definition) is 6. The van der Waals surface area contributed by atoms with E-state index in [0.717, 1.165) is 6.42 Å². The third-order valence-electron chi connectivity index (χ3n) is 4.63. The number of nitrogens with two attached hydrogens (primary N) is 1.